The van der Waals surface area contributed by atoms with Gasteiger partial charge < -0.3 is 15.1 Å². The van der Waals surface area contributed by atoms with Crippen molar-refractivity contribution in [2.24, 2.45) is 0 Å². The summed E-state index contributed by atoms with van der Waals surface area (Å²) in [6, 6.07) is 1.69. The van der Waals surface area contributed by atoms with E-state index in [2.05, 4.69) is 0 Å². The summed E-state index contributed by atoms with van der Waals surface area (Å²) in [7, 11) is 0. The van der Waals surface area contributed by atoms with E-state index in [4.69, 9.17) is 15.1 Å². The van der Waals surface area contributed by atoms with Crippen LogP contribution in [0.5, 0.6) is 0 Å². The van der Waals surface area contributed by atoms with Crippen molar-refractivity contribution in [3.05, 3.63) is 0 Å². The molecule has 0 aliphatic carbocycles. The average molecular weight is 320 g/mol. The highest BCUT2D eigenvalue weighted by Crippen LogP contribution is 2.01. The van der Waals surface area contributed by atoms with Crippen LogP contribution in [0, 0.1) is 11.3 Å². The number of aliphatic hydroxyl groups is 1. The van der Waals surface area contributed by atoms with Crippen LogP contribution in [0.3, 0.4) is 0 Å². The van der Waals surface area contributed by atoms with Crippen molar-refractivity contribution >= 4 is 5.97 Å². The maximum Gasteiger partial charge on any atom is 0.307 e. The molecule has 0 bridgehead atoms. The van der Waals surface area contributed by atoms with Gasteiger partial charge in [-0.2, -0.15) is 10.3 Å². The molecule has 0 unspecified atom stereocenters. The second kappa shape index (κ2) is 17.9. The summed E-state index contributed by atoms with van der Waals surface area (Å²) in [5, 5.41) is 27.2. The standard InChI is InChI=1S/C9H16N2O3.C4H10O.C2H6.CH4/c1-3-14-9(12)5-7-11(13)8(2)4-6-10;1-4(2,3)5;1-2;/h8,13H,3-5,7H2,1-2H3;5H,1-3H3;1-2H3;1H4/t8-;;;/m0.../s1. The van der Waals surface area contributed by atoms with Gasteiger partial charge in [0.2, 0.25) is 0 Å². The van der Waals surface area contributed by atoms with Crippen molar-refractivity contribution < 1.29 is 19.8 Å². The van der Waals surface area contributed by atoms with Crippen molar-refractivity contribution in [3.8, 4) is 6.07 Å². The number of hydrogen-bond donors (Lipinski definition) is 2. The molecule has 0 aromatic heterocycles. The van der Waals surface area contributed by atoms with Gasteiger partial charge in [0.05, 0.1) is 31.1 Å². The van der Waals surface area contributed by atoms with E-state index in [9.17, 15) is 10.0 Å². The monoisotopic (exact) mass is 320 g/mol. The third-order valence-electron chi connectivity index (χ3n) is 1.75. The molecular weight excluding hydrogens is 284 g/mol. The molecule has 0 heterocycles. The first-order valence-electron chi connectivity index (χ1n) is 7.32. The molecule has 0 saturated carbocycles. The van der Waals surface area contributed by atoms with Crippen LogP contribution in [0.15, 0.2) is 0 Å². The first-order valence-corrected chi connectivity index (χ1v) is 7.32. The van der Waals surface area contributed by atoms with Gasteiger partial charge in [-0.05, 0) is 34.6 Å². The Hall–Kier alpha value is -1.16. The Bertz CT molecular complexity index is 277. The fourth-order valence-electron chi connectivity index (χ4n) is 0.897. The number of nitriles is 1. The molecular formula is C16H36N2O4. The molecule has 0 aromatic carbocycles. The van der Waals surface area contributed by atoms with Crippen LogP contribution in [0.2, 0.25) is 0 Å². The Morgan fingerprint density at radius 2 is 1.77 bits per heavy atom. The topological polar surface area (TPSA) is 93.8 Å². The third kappa shape index (κ3) is 31.3. The molecule has 2 N–H and O–H groups in total. The van der Waals surface area contributed by atoms with Crippen LogP contribution >= 0.6 is 0 Å². The van der Waals surface area contributed by atoms with Gasteiger partial charge in [0.25, 0.3) is 0 Å². The fourth-order valence-corrected chi connectivity index (χ4v) is 0.897. The van der Waals surface area contributed by atoms with Gasteiger partial charge >= 0.3 is 5.97 Å². The third-order valence-corrected chi connectivity index (χ3v) is 1.75. The highest BCUT2D eigenvalue weighted by atomic mass is 16.5. The molecule has 1 atom stereocenters. The fraction of sp³-hybridized carbons (Fsp3) is 0.875. The summed E-state index contributed by atoms with van der Waals surface area (Å²) in [5.74, 6) is -0.337. The average Bonchev–Trinajstić information content (AvgIpc) is 2.37. The normalized spacial score (nSPS) is 10.8. The van der Waals surface area contributed by atoms with E-state index in [-0.39, 0.29) is 38.8 Å². The Balaban J connectivity index is -0.000000172. The van der Waals surface area contributed by atoms with E-state index >= 15 is 0 Å². The summed E-state index contributed by atoms with van der Waals surface area (Å²) in [6.45, 7) is 13.2. The molecule has 0 amide bonds. The Morgan fingerprint density at radius 3 is 2.09 bits per heavy atom. The molecule has 0 aliphatic heterocycles. The van der Waals surface area contributed by atoms with Crippen molar-refractivity contribution in [2.45, 2.75) is 80.4 Å². The highest BCUT2D eigenvalue weighted by Gasteiger charge is 2.12. The molecule has 134 valence electrons. The van der Waals surface area contributed by atoms with Gasteiger partial charge in [-0.25, -0.2) is 0 Å². The first-order chi connectivity index (χ1) is 9.61. The summed E-state index contributed by atoms with van der Waals surface area (Å²) >= 11 is 0. The zero-order valence-electron chi connectivity index (χ0n) is 14.5. The lowest BCUT2D eigenvalue weighted by atomic mass is 10.2. The number of nitrogens with zero attached hydrogens (tertiary/aromatic N) is 2. The zero-order valence-corrected chi connectivity index (χ0v) is 14.5. The molecule has 0 saturated heterocycles. The van der Waals surface area contributed by atoms with Crippen molar-refractivity contribution in [3.63, 3.8) is 0 Å². The molecule has 0 aliphatic rings. The van der Waals surface area contributed by atoms with Crippen molar-refractivity contribution in [1.82, 2.24) is 5.06 Å². The lowest BCUT2D eigenvalue weighted by Gasteiger charge is -2.19. The van der Waals surface area contributed by atoms with Gasteiger partial charge in [-0.1, -0.05) is 21.3 Å². The second-order valence-corrected chi connectivity index (χ2v) is 5.10. The summed E-state index contributed by atoms with van der Waals surface area (Å²) < 4.78 is 4.69. The number of hydroxylamine groups is 2. The summed E-state index contributed by atoms with van der Waals surface area (Å²) in [4.78, 5) is 10.9. The minimum atomic E-state index is -0.500. The van der Waals surface area contributed by atoms with Gasteiger partial charge in [-0.3, -0.25) is 4.79 Å². The number of hydrogen-bond acceptors (Lipinski definition) is 6. The highest BCUT2D eigenvalue weighted by molar-refractivity contribution is 5.69. The van der Waals surface area contributed by atoms with Crippen LogP contribution in [0.1, 0.15) is 68.7 Å². The molecule has 6 heteroatoms. The van der Waals surface area contributed by atoms with Crippen LogP contribution in [0.4, 0.5) is 0 Å². The minimum absolute atomic E-state index is 0. The number of ether oxygens (including phenoxy) is 1. The van der Waals surface area contributed by atoms with E-state index in [0.717, 1.165) is 5.06 Å². The van der Waals surface area contributed by atoms with E-state index in [1.54, 1.807) is 34.6 Å². The largest absolute Gasteiger partial charge is 0.466 e. The molecule has 0 rings (SSSR count). The Labute approximate surface area is 136 Å². The van der Waals surface area contributed by atoms with Crippen LogP contribution in [0.25, 0.3) is 0 Å². The molecule has 0 spiro atoms. The van der Waals surface area contributed by atoms with E-state index in [1.807, 2.05) is 19.9 Å². The zero-order chi connectivity index (χ0) is 17.5. The Kier molecular flexibility index (Phi) is 23.5. The molecule has 0 radical (unpaired) electrons. The number of carbonyl (C=O) groups excluding carboxylic acids is 1. The summed E-state index contributed by atoms with van der Waals surface area (Å²) in [5.41, 5.74) is -0.500. The van der Waals surface area contributed by atoms with Crippen LogP contribution in [-0.4, -0.2) is 46.1 Å². The lowest BCUT2D eigenvalue weighted by Crippen LogP contribution is -2.31. The van der Waals surface area contributed by atoms with Crippen LogP contribution < -0.4 is 0 Å². The van der Waals surface area contributed by atoms with Crippen molar-refractivity contribution in [1.29, 1.82) is 5.26 Å². The van der Waals surface area contributed by atoms with E-state index in [0.29, 0.717) is 6.61 Å². The van der Waals surface area contributed by atoms with Crippen molar-refractivity contribution in [2.75, 3.05) is 13.2 Å². The summed E-state index contributed by atoms with van der Waals surface area (Å²) in [6.07, 6.45) is 0.374. The smallest absolute Gasteiger partial charge is 0.307 e. The Morgan fingerprint density at radius 1 is 1.36 bits per heavy atom. The molecule has 6 nitrogen and oxygen atoms in total. The second-order valence-electron chi connectivity index (χ2n) is 5.10. The van der Waals surface area contributed by atoms with E-state index < -0.39 is 5.60 Å². The van der Waals surface area contributed by atoms with Gasteiger partial charge in [-0.15, -0.1) is 0 Å². The quantitative estimate of drug-likeness (QED) is 0.575. The first kappa shape index (κ1) is 28.9. The number of rotatable bonds is 6. The van der Waals surface area contributed by atoms with Gasteiger partial charge in [0, 0.05) is 12.6 Å². The van der Waals surface area contributed by atoms with Gasteiger partial charge in [0.1, 0.15) is 0 Å². The molecule has 0 aromatic rings. The number of carbonyl (C=O) groups is 1. The molecule has 0 fully saturated rings. The van der Waals surface area contributed by atoms with E-state index in [1.165, 1.54) is 0 Å². The minimum Gasteiger partial charge on any atom is -0.466 e. The predicted molar refractivity (Wildman–Crippen MR) is 89.5 cm³/mol. The van der Waals surface area contributed by atoms with Gasteiger partial charge in [0.15, 0.2) is 0 Å². The predicted octanol–water partition coefficient (Wildman–Crippen LogP) is 3.37. The SMILES string of the molecule is C.CC.CC(C)(C)O.CCOC(=O)CCN(O)[C@@H](C)CC#N. The van der Waals surface area contributed by atoms with Crippen LogP contribution in [-0.2, 0) is 9.53 Å². The maximum atomic E-state index is 10.9. The molecule has 22 heavy (non-hydrogen) atoms. The lowest BCUT2D eigenvalue weighted by molar-refractivity contribution is -0.151. The number of esters is 1. The maximum absolute atomic E-state index is 10.9.